The van der Waals surface area contributed by atoms with Crippen molar-refractivity contribution in [2.24, 2.45) is 35.5 Å². The van der Waals surface area contributed by atoms with Crippen molar-refractivity contribution in [2.45, 2.75) is 109 Å². The molecule has 0 aromatic heterocycles. The first kappa shape index (κ1) is 28.7. The minimum absolute atomic E-state index is 0.112. The average molecular weight is 537 g/mol. The summed E-state index contributed by atoms with van der Waals surface area (Å²) >= 11 is 6.47. The summed E-state index contributed by atoms with van der Waals surface area (Å²) in [5.41, 5.74) is 2.81. The molecule has 0 aromatic rings. The standard InChI is InChI=1S/C30H49ClN2O4/c1-18(2)23-7-5-6-21(12-23)15-32-30(36)24-9-11-27-25(14-24)19(3)20(4)33(27)16-22-8-10-26(31)28(13-22)37-17-29(34)35/h18,21-28H,5-17H2,1-4H3,(H,32,36)(H,34,35). The van der Waals surface area contributed by atoms with Crippen molar-refractivity contribution >= 4 is 23.5 Å². The SMILES string of the molecule is CC1=C(C)N(CC2CCC(Cl)C(OCC(=O)O)C2)C2CCC(C(=O)NCC3CCCC(C(C)C)C3)CC12. The lowest BCUT2D eigenvalue weighted by molar-refractivity contribution is -0.145. The summed E-state index contributed by atoms with van der Waals surface area (Å²) in [6.45, 7) is 10.7. The summed E-state index contributed by atoms with van der Waals surface area (Å²) in [5, 5.41) is 12.2. The summed E-state index contributed by atoms with van der Waals surface area (Å²) in [4.78, 5) is 26.8. The van der Waals surface area contributed by atoms with Gasteiger partial charge in [-0.15, -0.1) is 11.6 Å². The fraction of sp³-hybridized carbons (Fsp3) is 0.867. The van der Waals surface area contributed by atoms with E-state index in [9.17, 15) is 9.59 Å². The molecule has 1 amide bonds. The lowest BCUT2D eigenvalue weighted by Gasteiger charge is -2.41. The summed E-state index contributed by atoms with van der Waals surface area (Å²) in [6, 6.07) is 0.473. The predicted octanol–water partition coefficient (Wildman–Crippen LogP) is 5.84. The second-order valence-corrected chi connectivity index (χ2v) is 13.4. The first-order chi connectivity index (χ1) is 17.6. The molecule has 3 saturated carbocycles. The van der Waals surface area contributed by atoms with Gasteiger partial charge in [0.15, 0.2) is 0 Å². The van der Waals surface area contributed by atoms with Crippen LogP contribution in [0.15, 0.2) is 11.3 Å². The third-order valence-electron chi connectivity index (χ3n) is 10.2. The summed E-state index contributed by atoms with van der Waals surface area (Å²) in [7, 11) is 0. The summed E-state index contributed by atoms with van der Waals surface area (Å²) < 4.78 is 5.62. The van der Waals surface area contributed by atoms with Gasteiger partial charge in [0.25, 0.3) is 0 Å². The number of halogens is 1. The van der Waals surface area contributed by atoms with Crippen LogP contribution in [0.4, 0.5) is 0 Å². The highest BCUT2D eigenvalue weighted by molar-refractivity contribution is 6.21. The molecule has 7 heteroatoms. The van der Waals surface area contributed by atoms with Crippen molar-refractivity contribution in [1.29, 1.82) is 0 Å². The van der Waals surface area contributed by atoms with E-state index in [2.05, 4.69) is 37.9 Å². The number of allylic oxidation sites excluding steroid dienone is 1. The van der Waals surface area contributed by atoms with Crippen molar-refractivity contribution in [3.8, 4) is 0 Å². The van der Waals surface area contributed by atoms with E-state index in [0.29, 0.717) is 23.8 Å². The number of carbonyl (C=O) groups is 2. The van der Waals surface area contributed by atoms with Gasteiger partial charge < -0.3 is 20.1 Å². The highest BCUT2D eigenvalue weighted by Gasteiger charge is 2.44. The molecule has 210 valence electrons. The average Bonchev–Trinajstić information content (AvgIpc) is 3.11. The minimum Gasteiger partial charge on any atom is -0.480 e. The number of nitrogens with one attached hydrogen (secondary N) is 1. The van der Waals surface area contributed by atoms with Crippen LogP contribution in [0, 0.1) is 35.5 Å². The van der Waals surface area contributed by atoms with E-state index < -0.39 is 5.97 Å². The van der Waals surface area contributed by atoms with E-state index in [4.69, 9.17) is 21.4 Å². The van der Waals surface area contributed by atoms with Gasteiger partial charge >= 0.3 is 5.97 Å². The van der Waals surface area contributed by atoms with Gasteiger partial charge in [0.2, 0.25) is 5.91 Å². The number of nitrogens with zero attached hydrogens (tertiary/aromatic N) is 1. The van der Waals surface area contributed by atoms with Crippen molar-refractivity contribution in [2.75, 3.05) is 19.7 Å². The number of fused-ring (bicyclic) bond motifs is 1. The number of hydrogen-bond donors (Lipinski definition) is 2. The summed E-state index contributed by atoms with van der Waals surface area (Å²) in [5.74, 6) is 2.53. The fourth-order valence-corrected chi connectivity index (χ4v) is 8.03. The Morgan fingerprint density at radius 3 is 2.57 bits per heavy atom. The van der Waals surface area contributed by atoms with Crippen molar-refractivity contribution in [3.05, 3.63) is 11.3 Å². The van der Waals surface area contributed by atoms with Crippen molar-refractivity contribution in [1.82, 2.24) is 10.2 Å². The first-order valence-corrected chi connectivity index (χ1v) is 15.3. The van der Waals surface area contributed by atoms with Crippen LogP contribution in [-0.2, 0) is 14.3 Å². The Labute approximate surface area is 228 Å². The van der Waals surface area contributed by atoms with Gasteiger partial charge in [0, 0.05) is 36.7 Å². The molecule has 37 heavy (non-hydrogen) atoms. The molecule has 0 bridgehead atoms. The highest BCUT2D eigenvalue weighted by Crippen LogP contribution is 2.45. The quantitative estimate of drug-likeness (QED) is 0.362. The van der Waals surface area contributed by atoms with Gasteiger partial charge in [-0.25, -0.2) is 4.79 Å². The van der Waals surface area contributed by atoms with E-state index in [1.54, 1.807) is 0 Å². The number of carboxylic acid groups (broad SMARTS) is 1. The van der Waals surface area contributed by atoms with Crippen LogP contribution in [0.1, 0.15) is 91.9 Å². The molecular weight excluding hydrogens is 488 g/mol. The number of alkyl halides is 1. The second-order valence-electron chi connectivity index (χ2n) is 12.8. The molecular formula is C30H49ClN2O4. The van der Waals surface area contributed by atoms with E-state index in [-0.39, 0.29) is 29.9 Å². The van der Waals surface area contributed by atoms with Crippen LogP contribution >= 0.6 is 11.6 Å². The molecule has 6 nitrogen and oxygen atoms in total. The highest BCUT2D eigenvalue weighted by atomic mass is 35.5. The van der Waals surface area contributed by atoms with E-state index in [1.165, 1.54) is 37.0 Å². The zero-order chi connectivity index (χ0) is 26.7. The van der Waals surface area contributed by atoms with E-state index in [1.807, 2.05) is 0 Å². The lowest BCUT2D eigenvalue weighted by atomic mass is 9.75. The second kappa shape index (κ2) is 12.7. The van der Waals surface area contributed by atoms with Crippen LogP contribution in [0.3, 0.4) is 0 Å². The number of carbonyl (C=O) groups excluding carboxylic acids is 1. The third-order valence-corrected chi connectivity index (χ3v) is 10.7. The molecule has 1 aliphatic heterocycles. The van der Waals surface area contributed by atoms with Gasteiger partial charge in [-0.05, 0) is 94.5 Å². The van der Waals surface area contributed by atoms with Crippen LogP contribution in [0.2, 0.25) is 0 Å². The van der Waals surface area contributed by atoms with Crippen LogP contribution < -0.4 is 5.32 Å². The first-order valence-electron chi connectivity index (χ1n) is 14.8. The summed E-state index contributed by atoms with van der Waals surface area (Å²) in [6.07, 6.45) is 10.7. The topological polar surface area (TPSA) is 78.9 Å². The normalized spacial score (nSPS) is 36.5. The molecule has 0 radical (unpaired) electrons. The van der Waals surface area contributed by atoms with Crippen LogP contribution in [0.5, 0.6) is 0 Å². The number of hydrogen-bond acceptors (Lipinski definition) is 4. The Kier molecular flexibility index (Phi) is 9.88. The number of carboxylic acids is 1. The van der Waals surface area contributed by atoms with Crippen LogP contribution in [-0.4, -0.2) is 59.1 Å². The minimum atomic E-state index is -0.943. The molecule has 4 aliphatic rings. The molecule has 0 saturated heterocycles. The van der Waals surface area contributed by atoms with Gasteiger partial charge in [-0.1, -0.05) is 26.7 Å². The fourth-order valence-electron chi connectivity index (χ4n) is 7.73. The Bertz CT molecular complexity index is 845. The maximum atomic E-state index is 13.2. The monoisotopic (exact) mass is 536 g/mol. The molecule has 2 N–H and O–H groups in total. The number of amides is 1. The third kappa shape index (κ3) is 7.03. The zero-order valence-corrected chi connectivity index (χ0v) is 24.1. The maximum absolute atomic E-state index is 13.2. The Balaban J connectivity index is 1.28. The Hall–Kier alpha value is -1.27. The smallest absolute Gasteiger partial charge is 0.329 e. The number of ether oxygens (including phenoxy) is 1. The van der Waals surface area contributed by atoms with E-state index in [0.717, 1.165) is 63.5 Å². The Morgan fingerprint density at radius 1 is 1.05 bits per heavy atom. The van der Waals surface area contributed by atoms with Gasteiger partial charge in [0.1, 0.15) is 6.61 Å². The van der Waals surface area contributed by atoms with E-state index >= 15 is 0 Å². The van der Waals surface area contributed by atoms with Crippen LogP contribution in [0.25, 0.3) is 0 Å². The number of aliphatic carboxylic acids is 1. The Morgan fingerprint density at radius 2 is 1.84 bits per heavy atom. The zero-order valence-electron chi connectivity index (χ0n) is 23.4. The molecule has 0 aromatic carbocycles. The van der Waals surface area contributed by atoms with Gasteiger partial charge in [0.05, 0.1) is 11.5 Å². The van der Waals surface area contributed by atoms with Gasteiger partial charge in [-0.2, -0.15) is 0 Å². The van der Waals surface area contributed by atoms with Gasteiger partial charge in [-0.3, -0.25) is 4.79 Å². The van der Waals surface area contributed by atoms with Crippen molar-refractivity contribution < 1.29 is 19.4 Å². The maximum Gasteiger partial charge on any atom is 0.329 e. The molecule has 3 fully saturated rings. The molecule has 8 unspecified atom stereocenters. The molecule has 1 heterocycles. The molecule has 8 atom stereocenters. The molecule has 0 spiro atoms. The largest absolute Gasteiger partial charge is 0.480 e. The van der Waals surface area contributed by atoms with Crippen molar-refractivity contribution in [3.63, 3.8) is 0 Å². The lowest BCUT2D eigenvalue weighted by Crippen LogP contribution is -2.45. The predicted molar refractivity (Wildman–Crippen MR) is 147 cm³/mol. The molecule has 3 aliphatic carbocycles. The number of rotatable bonds is 9. The molecule has 4 rings (SSSR count).